The number of aldehydes is 1. The van der Waals surface area contributed by atoms with E-state index in [9.17, 15) is 19.5 Å². The Balaban J connectivity index is 1.63. The second kappa shape index (κ2) is 10.7. The van der Waals surface area contributed by atoms with Crippen LogP contribution in [0.4, 0.5) is 0 Å². The lowest BCUT2D eigenvalue weighted by molar-refractivity contribution is -0.122. The van der Waals surface area contributed by atoms with Crippen molar-refractivity contribution in [1.82, 2.24) is 10.6 Å². The van der Waals surface area contributed by atoms with Crippen molar-refractivity contribution in [1.29, 1.82) is 0 Å². The molecule has 148 valence electrons. The minimum atomic E-state index is -0.183. The maximum atomic E-state index is 12.0. The van der Waals surface area contributed by atoms with E-state index in [1.165, 1.54) is 13.2 Å². The zero-order chi connectivity index (χ0) is 20.4. The number of carbonyl (C=O) groups is 3. The van der Waals surface area contributed by atoms with Crippen molar-refractivity contribution in [3.8, 4) is 11.5 Å². The molecule has 7 heteroatoms. The van der Waals surface area contributed by atoms with Crippen LogP contribution >= 0.6 is 0 Å². The van der Waals surface area contributed by atoms with Crippen LogP contribution in [-0.4, -0.2) is 43.4 Å². The fourth-order valence-corrected chi connectivity index (χ4v) is 2.59. The van der Waals surface area contributed by atoms with Gasteiger partial charge in [0.2, 0.25) is 11.8 Å². The summed E-state index contributed by atoms with van der Waals surface area (Å²) in [5, 5.41) is 15.0. The predicted octanol–water partition coefficient (Wildman–Crippen LogP) is 1.62. The van der Waals surface area contributed by atoms with Gasteiger partial charge in [-0.1, -0.05) is 30.3 Å². The number of nitrogens with one attached hydrogen (secondary N) is 2. The third-order valence-electron chi connectivity index (χ3n) is 4.13. The lowest BCUT2D eigenvalue weighted by atomic mass is 10.1. The van der Waals surface area contributed by atoms with Gasteiger partial charge in [0, 0.05) is 25.1 Å². The van der Waals surface area contributed by atoms with Crippen LogP contribution in [-0.2, 0) is 22.4 Å². The summed E-state index contributed by atoms with van der Waals surface area (Å²) in [7, 11) is 1.45. The van der Waals surface area contributed by atoms with Gasteiger partial charge in [0.15, 0.2) is 11.5 Å². The number of hydrogen-bond donors (Lipinski definition) is 3. The Morgan fingerprint density at radius 3 is 2.29 bits per heavy atom. The van der Waals surface area contributed by atoms with Crippen LogP contribution in [0.3, 0.4) is 0 Å². The van der Waals surface area contributed by atoms with E-state index in [1.54, 1.807) is 24.3 Å². The molecular weight excluding hydrogens is 360 g/mol. The molecule has 0 heterocycles. The van der Waals surface area contributed by atoms with Crippen LogP contribution in [0.15, 0.2) is 42.5 Å². The fourth-order valence-electron chi connectivity index (χ4n) is 2.59. The molecule has 0 bridgehead atoms. The number of methoxy groups -OCH3 is 1. The molecule has 0 saturated carbocycles. The number of rotatable bonds is 10. The summed E-state index contributed by atoms with van der Waals surface area (Å²) < 4.78 is 5.01. The number of aromatic hydroxyl groups is 1. The Bertz CT molecular complexity index is 818. The van der Waals surface area contributed by atoms with Crippen LogP contribution in [0.25, 0.3) is 0 Å². The molecule has 0 atom stereocenters. The first-order valence-corrected chi connectivity index (χ1v) is 8.95. The second-order valence-corrected chi connectivity index (χ2v) is 6.24. The van der Waals surface area contributed by atoms with E-state index in [2.05, 4.69) is 10.6 Å². The van der Waals surface area contributed by atoms with Gasteiger partial charge in [-0.25, -0.2) is 0 Å². The Kier molecular flexibility index (Phi) is 8.02. The summed E-state index contributed by atoms with van der Waals surface area (Å²) in [6.07, 6.45) is 1.85. The van der Waals surface area contributed by atoms with Gasteiger partial charge in [0.05, 0.1) is 13.5 Å². The topological polar surface area (TPSA) is 105 Å². The minimum absolute atomic E-state index is 0.0223. The van der Waals surface area contributed by atoms with Gasteiger partial charge >= 0.3 is 0 Å². The van der Waals surface area contributed by atoms with Crippen molar-refractivity contribution in [3.05, 3.63) is 59.2 Å². The van der Waals surface area contributed by atoms with Gasteiger partial charge in [0.1, 0.15) is 6.29 Å². The average Bonchev–Trinajstić information content (AvgIpc) is 2.71. The molecule has 0 aromatic heterocycles. The third kappa shape index (κ3) is 6.75. The number of hydrogen-bond acceptors (Lipinski definition) is 5. The first-order chi connectivity index (χ1) is 13.5. The van der Waals surface area contributed by atoms with Crippen molar-refractivity contribution in [3.63, 3.8) is 0 Å². The number of phenols is 1. The molecule has 2 aromatic rings. The number of phenolic OH excluding ortho intramolecular Hbond substituents is 1. The molecular formula is C21H24N2O5. The molecule has 28 heavy (non-hydrogen) atoms. The second-order valence-electron chi connectivity index (χ2n) is 6.24. The average molecular weight is 384 g/mol. The smallest absolute Gasteiger partial charge is 0.224 e. The number of amides is 2. The molecule has 2 amide bonds. The zero-order valence-electron chi connectivity index (χ0n) is 15.7. The van der Waals surface area contributed by atoms with E-state index in [1.807, 2.05) is 12.1 Å². The van der Waals surface area contributed by atoms with Gasteiger partial charge in [-0.15, -0.1) is 0 Å². The Labute approximate surface area is 163 Å². The van der Waals surface area contributed by atoms with Crippen LogP contribution in [0, 0.1) is 0 Å². The Morgan fingerprint density at radius 1 is 1.00 bits per heavy atom. The van der Waals surface area contributed by atoms with Crippen LogP contribution < -0.4 is 15.4 Å². The van der Waals surface area contributed by atoms with E-state index in [4.69, 9.17) is 4.74 Å². The standard InChI is InChI=1S/C21H24N2O5/c1-28-19-12-17(6-8-18(19)25)13-21(27)23-11-10-22-20(26)9-7-15-2-4-16(14-24)5-3-15/h2-6,8,12,14,25H,7,9-11,13H2,1H3,(H,22,26)(H,23,27). The summed E-state index contributed by atoms with van der Waals surface area (Å²) in [6, 6.07) is 11.8. The summed E-state index contributed by atoms with van der Waals surface area (Å²) >= 11 is 0. The van der Waals surface area contributed by atoms with Gasteiger partial charge in [0.25, 0.3) is 0 Å². The maximum absolute atomic E-state index is 12.0. The SMILES string of the molecule is COc1cc(CC(=O)NCCNC(=O)CCc2ccc(C=O)cc2)ccc1O. The largest absolute Gasteiger partial charge is 0.504 e. The summed E-state index contributed by atoms with van der Waals surface area (Å²) in [4.78, 5) is 34.4. The highest BCUT2D eigenvalue weighted by molar-refractivity contribution is 5.79. The molecule has 0 aliphatic carbocycles. The maximum Gasteiger partial charge on any atom is 0.224 e. The van der Waals surface area contributed by atoms with Gasteiger partial charge < -0.3 is 20.5 Å². The van der Waals surface area contributed by atoms with Crippen molar-refractivity contribution in [2.45, 2.75) is 19.3 Å². The Hall–Kier alpha value is -3.35. The first kappa shape index (κ1) is 21.0. The van der Waals surface area contributed by atoms with Crippen molar-refractivity contribution in [2.75, 3.05) is 20.2 Å². The fraction of sp³-hybridized carbons (Fsp3) is 0.286. The molecule has 0 aliphatic heterocycles. The van der Waals surface area contributed by atoms with Gasteiger partial charge in [-0.3, -0.25) is 14.4 Å². The molecule has 0 radical (unpaired) electrons. The third-order valence-corrected chi connectivity index (χ3v) is 4.13. The van der Waals surface area contributed by atoms with Gasteiger partial charge in [-0.05, 0) is 29.7 Å². The first-order valence-electron chi connectivity index (χ1n) is 8.95. The minimum Gasteiger partial charge on any atom is -0.504 e. The van der Waals surface area contributed by atoms with E-state index >= 15 is 0 Å². The quantitative estimate of drug-likeness (QED) is 0.427. The molecule has 0 aliphatic rings. The van der Waals surface area contributed by atoms with Gasteiger partial charge in [-0.2, -0.15) is 0 Å². The normalized spacial score (nSPS) is 10.2. The van der Waals surface area contributed by atoms with Crippen molar-refractivity contribution >= 4 is 18.1 Å². The highest BCUT2D eigenvalue weighted by Gasteiger charge is 2.07. The van der Waals surface area contributed by atoms with Crippen molar-refractivity contribution in [2.24, 2.45) is 0 Å². The van der Waals surface area contributed by atoms with E-state index in [0.717, 1.165) is 17.4 Å². The summed E-state index contributed by atoms with van der Waals surface area (Å²) in [5.41, 5.74) is 2.31. The molecule has 2 rings (SSSR count). The highest BCUT2D eigenvalue weighted by Crippen LogP contribution is 2.26. The molecule has 0 fully saturated rings. The predicted molar refractivity (Wildman–Crippen MR) is 105 cm³/mol. The summed E-state index contributed by atoms with van der Waals surface area (Å²) in [5.74, 6) is 0.0571. The van der Waals surface area contributed by atoms with Crippen LogP contribution in [0.1, 0.15) is 27.9 Å². The van der Waals surface area contributed by atoms with E-state index in [0.29, 0.717) is 37.2 Å². The Morgan fingerprint density at radius 2 is 1.64 bits per heavy atom. The number of ether oxygens (including phenoxy) is 1. The van der Waals surface area contributed by atoms with Crippen LogP contribution in [0.5, 0.6) is 11.5 Å². The molecule has 7 nitrogen and oxygen atoms in total. The molecule has 0 saturated heterocycles. The molecule has 2 aromatic carbocycles. The molecule has 0 unspecified atom stereocenters. The number of carbonyl (C=O) groups excluding carboxylic acids is 3. The van der Waals surface area contributed by atoms with Crippen LogP contribution in [0.2, 0.25) is 0 Å². The highest BCUT2D eigenvalue weighted by atomic mass is 16.5. The lowest BCUT2D eigenvalue weighted by Gasteiger charge is -2.09. The number of benzene rings is 2. The lowest BCUT2D eigenvalue weighted by Crippen LogP contribution is -2.35. The zero-order valence-corrected chi connectivity index (χ0v) is 15.7. The monoisotopic (exact) mass is 384 g/mol. The molecule has 3 N–H and O–H groups in total. The van der Waals surface area contributed by atoms with E-state index in [-0.39, 0.29) is 24.0 Å². The number of aryl methyl sites for hydroxylation is 1. The van der Waals surface area contributed by atoms with Crippen molar-refractivity contribution < 1.29 is 24.2 Å². The molecule has 0 spiro atoms. The van der Waals surface area contributed by atoms with E-state index < -0.39 is 0 Å². The summed E-state index contributed by atoms with van der Waals surface area (Å²) in [6.45, 7) is 0.668.